The molecule has 0 bridgehead atoms. The van der Waals surface area contributed by atoms with E-state index < -0.39 is 0 Å². The van der Waals surface area contributed by atoms with Crippen LogP contribution in [-0.4, -0.2) is 24.3 Å². The average molecular weight is 220 g/mol. The summed E-state index contributed by atoms with van der Waals surface area (Å²) in [6, 6.07) is 0. The van der Waals surface area contributed by atoms with Crippen molar-refractivity contribution in [1.82, 2.24) is 0 Å². The molecule has 0 aliphatic carbocycles. The van der Waals surface area contributed by atoms with Gasteiger partial charge in [0.05, 0.1) is 12.1 Å². The third-order valence-corrected chi connectivity index (χ3v) is 2.35. The molecule has 0 aromatic heterocycles. The van der Waals surface area contributed by atoms with Crippen LogP contribution in [0.2, 0.25) is 0 Å². The minimum absolute atomic E-state index is 0.141. The molecule has 1 saturated heterocycles. The van der Waals surface area contributed by atoms with Crippen molar-refractivity contribution < 1.29 is 14.3 Å². The fourth-order valence-electron chi connectivity index (χ4n) is 0.695. The fraction of sp³-hybridized carbons (Fsp3) is 0.800. The number of carbonyl (C=O) groups is 2. The van der Waals surface area contributed by atoms with E-state index in [1.165, 1.54) is 6.42 Å². The molecule has 4 heteroatoms. The Balaban J connectivity index is 0. The monoisotopic (exact) mass is 220 g/mol. The Bertz CT molecular complexity index is 169. The first kappa shape index (κ1) is 16.0. The molecule has 1 heterocycles. The topological polar surface area (TPSA) is 43.4 Å². The van der Waals surface area contributed by atoms with Crippen LogP contribution in [0.1, 0.15) is 40.5 Å². The first-order chi connectivity index (χ1) is 6.65. The van der Waals surface area contributed by atoms with Gasteiger partial charge in [-0.25, -0.2) is 0 Å². The predicted octanol–water partition coefficient (Wildman–Crippen LogP) is 2.58. The van der Waals surface area contributed by atoms with Crippen LogP contribution in [0.3, 0.4) is 0 Å². The van der Waals surface area contributed by atoms with E-state index in [1.807, 2.05) is 20.5 Å². The zero-order valence-electron chi connectivity index (χ0n) is 9.72. The van der Waals surface area contributed by atoms with E-state index >= 15 is 0 Å². The molecule has 1 rings (SSSR count). The van der Waals surface area contributed by atoms with Gasteiger partial charge in [-0.15, -0.1) is 8.58 Å². The van der Waals surface area contributed by atoms with E-state index in [-0.39, 0.29) is 24.0 Å². The highest BCUT2D eigenvalue weighted by Gasteiger charge is 2.31. The van der Waals surface area contributed by atoms with Gasteiger partial charge in [0.25, 0.3) is 0 Å². The van der Waals surface area contributed by atoms with Crippen LogP contribution < -0.4 is 0 Å². The molecule has 1 fully saturated rings. The van der Waals surface area contributed by atoms with Crippen LogP contribution in [-0.2, 0) is 14.3 Å². The Morgan fingerprint density at radius 1 is 1.36 bits per heavy atom. The molecule has 2 unspecified atom stereocenters. The van der Waals surface area contributed by atoms with E-state index in [0.29, 0.717) is 8.58 Å². The van der Waals surface area contributed by atoms with Crippen LogP contribution in [0.25, 0.3) is 0 Å². The average Bonchev–Trinajstić information content (AvgIpc) is 2.49. The summed E-state index contributed by atoms with van der Waals surface area (Å²) in [6.45, 7) is 10.1. The first-order valence-corrected chi connectivity index (χ1v) is 6.65. The molecule has 0 radical (unpaired) electrons. The third kappa shape index (κ3) is 7.02. The van der Waals surface area contributed by atoms with E-state index in [0.717, 1.165) is 0 Å². The Morgan fingerprint density at radius 3 is 1.93 bits per heavy atom. The molecule has 0 amide bonds. The van der Waals surface area contributed by atoms with E-state index in [9.17, 15) is 9.59 Å². The van der Waals surface area contributed by atoms with Crippen molar-refractivity contribution in [1.29, 1.82) is 0 Å². The zero-order valence-corrected chi connectivity index (χ0v) is 10.7. The van der Waals surface area contributed by atoms with Crippen LogP contribution in [0.15, 0.2) is 0 Å². The van der Waals surface area contributed by atoms with Gasteiger partial charge in [-0.05, 0) is 6.66 Å². The highest BCUT2D eigenvalue weighted by Crippen LogP contribution is 2.24. The molecule has 0 aromatic rings. The maximum Gasteiger partial charge on any atom is 0.321 e. The summed E-state index contributed by atoms with van der Waals surface area (Å²) in [7, 11) is 0.482. The van der Waals surface area contributed by atoms with Crippen LogP contribution >= 0.6 is 8.58 Å². The second-order valence-electron chi connectivity index (χ2n) is 2.55. The Kier molecular flexibility index (Phi) is 12.2. The molecular formula is C10H21O3P. The van der Waals surface area contributed by atoms with Crippen molar-refractivity contribution in [2.45, 2.75) is 46.2 Å². The van der Waals surface area contributed by atoms with Gasteiger partial charge in [-0.3, -0.25) is 9.59 Å². The maximum absolute atomic E-state index is 10.6. The van der Waals surface area contributed by atoms with Crippen molar-refractivity contribution in [3.8, 4) is 0 Å². The minimum atomic E-state index is -0.376. The molecular weight excluding hydrogens is 199 g/mol. The van der Waals surface area contributed by atoms with Crippen LogP contribution in [0.4, 0.5) is 0 Å². The summed E-state index contributed by atoms with van der Waals surface area (Å²) in [4.78, 5) is 21.0. The predicted molar refractivity (Wildman–Crippen MR) is 61.1 cm³/mol. The van der Waals surface area contributed by atoms with Crippen molar-refractivity contribution in [2.75, 3.05) is 6.66 Å². The molecule has 14 heavy (non-hydrogen) atoms. The summed E-state index contributed by atoms with van der Waals surface area (Å²) in [5.41, 5.74) is -0.141. The van der Waals surface area contributed by atoms with E-state index in [2.05, 4.69) is 18.6 Å². The summed E-state index contributed by atoms with van der Waals surface area (Å²) >= 11 is 0. The van der Waals surface area contributed by atoms with Gasteiger partial charge in [-0.2, -0.15) is 0 Å². The first-order valence-electron chi connectivity index (χ1n) is 5.07. The van der Waals surface area contributed by atoms with E-state index in [4.69, 9.17) is 0 Å². The number of esters is 2. The highest BCUT2D eigenvalue weighted by molar-refractivity contribution is 7.39. The van der Waals surface area contributed by atoms with Crippen molar-refractivity contribution in [3.63, 3.8) is 0 Å². The molecule has 1 aliphatic heterocycles. The molecule has 2 atom stereocenters. The molecule has 0 saturated carbocycles. The van der Waals surface area contributed by atoms with Gasteiger partial charge < -0.3 is 4.74 Å². The van der Waals surface area contributed by atoms with Crippen LogP contribution in [0.5, 0.6) is 0 Å². The third-order valence-electron chi connectivity index (χ3n) is 1.22. The largest absolute Gasteiger partial charge is 0.393 e. The lowest BCUT2D eigenvalue weighted by molar-refractivity contribution is -0.151. The van der Waals surface area contributed by atoms with Crippen molar-refractivity contribution in [3.05, 3.63) is 0 Å². The molecule has 0 N–H and O–H groups in total. The number of cyclic esters (lactones) is 2. The van der Waals surface area contributed by atoms with Gasteiger partial charge >= 0.3 is 11.9 Å². The number of hydrogen-bond donors (Lipinski definition) is 0. The fourth-order valence-corrected chi connectivity index (χ4v) is 1.36. The van der Waals surface area contributed by atoms with Gasteiger partial charge in [0.2, 0.25) is 0 Å². The summed E-state index contributed by atoms with van der Waals surface area (Å²) in [5.74, 6) is -0.722. The number of rotatable bonds is 1. The SMILES string of the molecule is CC.CCC.CPC1CC(=O)OC1=O. The second-order valence-corrected chi connectivity index (χ2v) is 3.82. The number of ether oxygens (including phenoxy) is 1. The molecule has 0 aromatic carbocycles. The molecule has 84 valence electrons. The smallest absolute Gasteiger partial charge is 0.321 e. The Labute approximate surface area is 88.4 Å². The van der Waals surface area contributed by atoms with E-state index in [1.54, 1.807) is 0 Å². The number of carbonyl (C=O) groups excluding carboxylic acids is 2. The quantitative estimate of drug-likeness (QED) is 0.387. The zero-order chi connectivity index (χ0) is 11.6. The van der Waals surface area contributed by atoms with Gasteiger partial charge in [0, 0.05) is 0 Å². The summed E-state index contributed by atoms with van der Waals surface area (Å²) in [5, 5.41) is 0. The summed E-state index contributed by atoms with van der Waals surface area (Å²) < 4.78 is 4.29. The lowest BCUT2D eigenvalue weighted by Gasteiger charge is -1.94. The summed E-state index contributed by atoms with van der Waals surface area (Å²) in [6.07, 6.45) is 1.54. The van der Waals surface area contributed by atoms with Crippen LogP contribution in [0, 0.1) is 0 Å². The lowest BCUT2D eigenvalue weighted by Crippen LogP contribution is -2.06. The van der Waals surface area contributed by atoms with Gasteiger partial charge in [0.15, 0.2) is 0 Å². The minimum Gasteiger partial charge on any atom is -0.393 e. The molecule has 1 aliphatic rings. The van der Waals surface area contributed by atoms with Gasteiger partial charge in [-0.1, -0.05) is 34.1 Å². The Hall–Kier alpha value is -0.430. The second kappa shape index (κ2) is 10.6. The standard InChI is InChI=1S/C5H7O3P.C3H8.C2H6/c1-9-3-2-4(6)8-5(3)7;1-3-2;1-2/h3,9H,2H2,1H3;3H2,1-2H3;1-2H3. The maximum atomic E-state index is 10.6. The molecule has 0 spiro atoms. The van der Waals surface area contributed by atoms with Gasteiger partial charge in [0.1, 0.15) is 0 Å². The Morgan fingerprint density at radius 2 is 1.79 bits per heavy atom. The van der Waals surface area contributed by atoms with Crippen molar-refractivity contribution in [2.24, 2.45) is 0 Å². The molecule has 3 nitrogen and oxygen atoms in total. The van der Waals surface area contributed by atoms with Crippen molar-refractivity contribution >= 4 is 20.5 Å². The lowest BCUT2D eigenvalue weighted by atomic mass is 10.4. The normalized spacial score (nSPS) is 19.6. The highest BCUT2D eigenvalue weighted by atomic mass is 31.1. The number of hydrogen-bond acceptors (Lipinski definition) is 3.